The van der Waals surface area contributed by atoms with E-state index in [2.05, 4.69) is 0 Å². The van der Waals surface area contributed by atoms with E-state index in [1.165, 1.54) is 0 Å². The summed E-state index contributed by atoms with van der Waals surface area (Å²) < 4.78 is 0. The number of rotatable bonds is 0. The first kappa shape index (κ1) is 36.0. The van der Waals surface area contributed by atoms with E-state index in [1.54, 1.807) is 0 Å². The second-order valence-electron chi connectivity index (χ2n) is 1.00. The van der Waals surface area contributed by atoms with Crippen LogP contribution in [-0.2, 0) is 52.4 Å². The number of carboxylic acid groups (broad SMARTS) is 8. The van der Waals surface area contributed by atoms with Crippen LogP contribution >= 0.6 is 0 Å². The normalized spacial score (nSPS) is 5.33. The molecule has 0 N–H and O–H groups in total. The Morgan fingerprint density at radius 1 is 0.389 bits per heavy atom. The standard InChI is InChI=1S/4CH2O3.2Zr/c4*2-1(3)4;;/h4*(H2,2,3,4);;/q;;;;2*+4/p-8. The monoisotopic (exact) mass is 420 g/mol. The number of carbonyl (C=O) groups is 4. The van der Waals surface area contributed by atoms with Gasteiger partial charge in [0.2, 0.25) is 0 Å². The fourth-order valence-corrected chi connectivity index (χ4v) is 0. The maximum absolute atomic E-state index is 8.33. The maximum Gasteiger partial charge on any atom is 4.00 e. The first-order valence-corrected chi connectivity index (χ1v) is 2.45. The van der Waals surface area contributed by atoms with Crippen molar-refractivity contribution < 1.29 is 112 Å². The Labute approximate surface area is 136 Å². The van der Waals surface area contributed by atoms with E-state index >= 15 is 0 Å². The van der Waals surface area contributed by atoms with E-state index in [0.717, 1.165) is 0 Å². The first-order chi connectivity index (χ1) is 6.93. The molecular formula is C4O12Zr2. The minimum absolute atomic E-state index is 0. The van der Waals surface area contributed by atoms with Crippen LogP contribution in [0, 0.1) is 0 Å². The average Bonchev–Trinajstić information content (AvgIpc) is 1.76. The fraction of sp³-hybridized carbons (Fsp3) is 0. The van der Waals surface area contributed by atoms with Gasteiger partial charge >= 0.3 is 52.4 Å². The van der Waals surface area contributed by atoms with Crippen LogP contribution in [0.3, 0.4) is 0 Å². The zero-order chi connectivity index (χ0) is 14.3. The Balaban J connectivity index is -0.0000000257. The van der Waals surface area contributed by atoms with Crippen molar-refractivity contribution in [1.29, 1.82) is 0 Å². The van der Waals surface area contributed by atoms with E-state index in [0.29, 0.717) is 0 Å². The van der Waals surface area contributed by atoms with Crippen LogP contribution in [0.2, 0.25) is 0 Å². The summed E-state index contributed by atoms with van der Waals surface area (Å²) in [6.07, 6.45) is -9.33. The molecule has 0 amide bonds. The van der Waals surface area contributed by atoms with Gasteiger partial charge in [-0.25, -0.2) is 0 Å². The Morgan fingerprint density at radius 3 is 0.389 bits per heavy atom. The van der Waals surface area contributed by atoms with Crippen LogP contribution in [0.25, 0.3) is 0 Å². The summed E-state index contributed by atoms with van der Waals surface area (Å²) in [7, 11) is 0. The van der Waals surface area contributed by atoms with Crippen molar-refractivity contribution in [2.45, 2.75) is 0 Å². The molecule has 0 fully saturated rings. The SMILES string of the molecule is O=C([O-])[O-].O=C([O-])[O-].O=C([O-])[O-].O=C([O-])[O-].[Zr+4].[Zr+4]. The quantitative estimate of drug-likeness (QED) is 0.352. The first-order valence-electron chi connectivity index (χ1n) is 2.45. The molecule has 12 nitrogen and oxygen atoms in total. The van der Waals surface area contributed by atoms with Gasteiger partial charge in [-0.15, -0.1) is 0 Å². The molecule has 0 aromatic rings. The molecule has 0 rings (SSSR count). The summed E-state index contributed by atoms with van der Waals surface area (Å²) in [5.74, 6) is 0. The Kier molecular flexibility index (Phi) is 59.3. The summed E-state index contributed by atoms with van der Waals surface area (Å²) in [4.78, 5) is 33.3. The predicted octanol–water partition coefficient (Wildman–Crippen LogP) is -9.79. The van der Waals surface area contributed by atoms with Crippen molar-refractivity contribution in [2.24, 2.45) is 0 Å². The van der Waals surface area contributed by atoms with Crippen molar-refractivity contribution in [2.75, 3.05) is 0 Å². The Morgan fingerprint density at radius 2 is 0.389 bits per heavy atom. The second kappa shape index (κ2) is 29.7. The predicted molar refractivity (Wildman–Crippen MR) is 21.6 cm³/mol. The molecule has 0 aliphatic rings. The minimum atomic E-state index is -2.33. The van der Waals surface area contributed by atoms with Crippen LogP contribution in [0.4, 0.5) is 19.2 Å². The zero-order valence-electron chi connectivity index (χ0n) is 7.90. The van der Waals surface area contributed by atoms with Crippen LogP contribution in [0.15, 0.2) is 0 Å². The molecule has 0 heterocycles. The van der Waals surface area contributed by atoms with Crippen molar-refractivity contribution in [3.8, 4) is 0 Å². The minimum Gasteiger partial charge on any atom is -0.652 e. The molecule has 96 valence electrons. The average molecular weight is 422 g/mol. The smallest absolute Gasteiger partial charge is 0.652 e. The summed E-state index contributed by atoms with van der Waals surface area (Å²) in [6, 6.07) is 0. The van der Waals surface area contributed by atoms with E-state index < -0.39 is 24.6 Å². The van der Waals surface area contributed by atoms with E-state index in [4.69, 9.17) is 60.0 Å². The van der Waals surface area contributed by atoms with E-state index in [-0.39, 0.29) is 52.4 Å². The van der Waals surface area contributed by atoms with Crippen molar-refractivity contribution >= 4 is 24.6 Å². The van der Waals surface area contributed by atoms with Crippen LogP contribution in [0.5, 0.6) is 0 Å². The van der Waals surface area contributed by atoms with Crippen molar-refractivity contribution in [3.05, 3.63) is 0 Å². The second-order valence-corrected chi connectivity index (χ2v) is 1.00. The van der Waals surface area contributed by atoms with Gasteiger partial charge in [-0.05, 0) is 24.6 Å². The van der Waals surface area contributed by atoms with E-state index in [1.807, 2.05) is 0 Å². The van der Waals surface area contributed by atoms with Gasteiger partial charge in [0.15, 0.2) is 0 Å². The van der Waals surface area contributed by atoms with Gasteiger partial charge in [0.05, 0.1) is 0 Å². The van der Waals surface area contributed by atoms with Gasteiger partial charge in [0.25, 0.3) is 0 Å². The number of hydrogen-bond donors (Lipinski definition) is 0. The van der Waals surface area contributed by atoms with Crippen LogP contribution in [0.1, 0.15) is 0 Å². The molecule has 18 heavy (non-hydrogen) atoms. The molecule has 14 heteroatoms. The number of hydrogen-bond acceptors (Lipinski definition) is 12. The summed E-state index contributed by atoms with van der Waals surface area (Å²) >= 11 is 0. The summed E-state index contributed by atoms with van der Waals surface area (Å²) in [6.45, 7) is 0. The molecule has 0 atom stereocenters. The van der Waals surface area contributed by atoms with Gasteiger partial charge in [-0.3, -0.25) is 0 Å². The third-order valence-corrected chi connectivity index (χ3v) is 0. The molecule has 0 aromatic carbocycles. The van der Waals surface area contributed by atoms with Crippen LogP contribution in [-0.4, -0.2) is 24.6 Å². The topological polar surface area (TPSA) is 253 Å². The summed E-state index contributed by atoms with van der Waals surface area (Å²) in [5, 5.41) is 66.7. The van der Waals surface area contributed by atoms with Gasteiger partial charge in [-0.2, -0.15) is 0 Å². The van der Waals surface area contributed by atoms with E-state index in [9.17, 15) is 0 Å². The fourth-order valence-electron chi connectivity index (χ4n) is 0. The summed E-state index contributed by atoms with van der Waals surface area (Å²) in [5.41, 5.74) is 0. The largest absolute Gasteiger partial charge is 4.00 e. The molecule has 0 aliphatic carbocycles. The third kappa shape index (κ3) is 2140. The molecule has 0 radical (unpaired) electrons. The Hall–Kier alpha value is -1.15. The third-order valence-electron chi connectivity index (χ3n) is 0. The number of carbonyl (C=O) groups excluding carboxylic acids is 4. The van der Waals surface area contributed by atoms with Gasteiger partial charge in [0.1, 0.15) is 0 Å². The van der Waals surface area contributed by atoms with Gasteiger partial charge < -0.3 is 60.0 Å². The molecule has 0 aromatic heterocycles. The molecule has 0 unspecified atom stereocenters. The molecule has 0 bridgehead atoms. The molecule has 0 saturated carbocycles. The Bertz CT molecular complexity index is 162. The molecule has 0 saturated heterocycles. The zero-order valence-corrected chi connectivity index (χ0v) is 12.8. The molecule has 0 spiro atoms. The van der Waals surface area contributed by atoms with Gasteiger partial charge in [0, 0.05) is 0 Å². The maximum atomic E-state index is 8.33. The van der Waals surface area contributed by atoms with Crippen LogP contribution < -0.4 is 40.9 Å². The van der Waals surface area contributed by atoms with Crippen molar-refractivity contribution in [3.63, 3.8) is 0 Å². The molecular weight excluding hydrogens is 422 g/mol. The van der Waals surface area contributed by atoms with Gasteiger partial charge in [-0.1, -0.05) is 0 Å². The van der Waals surface area contributed by atoms with Crippen molar-refractivity contribution in [1.82, 2.24) is 0 Å². The molecule has 0 aliphatic heterocycles.